The summed E-state index contributed by atoms with van der Waals surface area (Å²) in [5.41, 5.74) is 0.903. The molecule has 15 heavy (non-hydrogen) atoms. The van der Waals surface area contributed by atoms with Crippen LogP contribution in [0.3, 0.4) is 0 Å². The lowest BCUT2D eigenvalue weighted by Gasteiger charge is -2.01. The summed E-state index contributed by atoms with van der Waals surface area (Å²) < 4.78 is 0. The van der Waals surface area contributed by atoms with Crippen molar-refractivity contribution < 1.29 is 0 Å². The van der Waals surface area contributed by atoms with Gasteiger partial charge in [-0.25, -0.2) is 0 Å². The van der Waals surface area contributed by atoms with E-state index in [9.17, 15) is 0 Å². The molecule has 1 aromatic carbocycles. The number of nitrogens with zero attached hydrogens (tertiary/aromatic N) is 2. The maximum atomic E-state index is 3.97. The molecule has 1 aliphatic rings. The van der Waals surface area contributed by atoms with Crippen LogP contribution in [-0.2, 0) is 0 Å². The fourth-order valence-corrected chi connectivity index (χ4v) is 2.25. The third-order valence-electron chi connectivity index (χ3n) is 2.04. The molecule has 0 amide bonds. The Labute approximate surface area is 93.8 Å². The van der Waals surface area contributed by atoms with E-state index >= 15 is 0 Å². The largest absolute Gasteiger partial charge is 0.192 e. The number of azo groups is 1. The Bertz CT molecular complexity index is 416. The molecule has 1 aliphatic carbocycles. The van der Waals surface area contributed by atoms with Gasteiger partial charge in [-0.2, -0.15) is 10.2 Å². The first-order chi connectivity index (χ1) is 7.38. The SMILES string of the molecule is CN=Nc1ccc(SC2=CC=CC2)cc1. The maximum Gasteiger partial charge on any atom is 0.0853 e. The van der Waals surface area contributed by atoms with Crippen molar-refractivity contribution in [1.29, 1.82) is 0 Å². The second kappa shape index (κ2) is 4.94. The van der Waals surface area contributed by atoms with Crippen LogP contribution < -0.4 is 0 Å². The highest BCUT2D eigenvalue weighted by Crippen LogP contribution is 2.32. The van der Waals surface area contributed by atoms with Crippen molar-refractivity contribution in [2.75, 3.05) is 7.05 Å². The molecule has 0 N–H and O–H groups in total. The third kappa shape index (κ3) is 2.80. The molecule has 0 saturated carbocycles. The number of hydrogen-bond acceptors (Lipinski definition) is 3. The number of rotatable bonds is 3. The minimum atomic E-state index is 0.903. The van der Waals surface area contributed by atoms with Gasteiger partial charge in [0.15, 0.2) is 0 Å². The summed E-state index contributed by atoms with van der Waals surface area (Å²) in [7, 11) is 1.68. The van der Waals surface area contributed by atoms with E-state index in [1.807, 2.05) is 12.1 Å². The van der Waals surface area contributed by atoms with Crippen LogP contribution >= 0.6 is 11.8 Å². The van der Waals surface area contributed by atoms with Crippen LogP contribution in [0, 0.1) is 0 Å². The number of hydrogen-bond donors (Lipinski definition) is 0. The van der Waals surface area contributed by atoms with Gasteiger partial charge in [0, 0.05) is 11.9 Å². The van der Waals surface area contributed by atoms with Crippen LogP contribution in [0.2, 0.25) is 0 Å². The van der Waals surface area contributed by atoms with Crippen LogP contribution in [-0.4, -0.2) is 7.05 Å². The monoisotopic (exact) mass is 216 g/mol. The molecule has 1 aromatic rings. The molecule has 76 valence electrons. The minimum Gasteiger partial charge on any atom is -0.192 e. The number of benzene rings is 1. The van der Waals surface area contributed by atoms with Crippen LogP contribution in [0.25, 0.3) is 0 Å². The summed E-state index contributed by atoms with van der Waals surface area (Å²) in [5, 5.41) is 7.70. The zero-order chi connectivity index (χ0) is 10.5. The third-order valence-corrected chi connectivity index (χ3v) is 3.11. The van der Waals surface area contributed by atoms with Gasteiger partial charge < -0.3 is 0 Å². The highest BCUT2D eigenvalue weighted by atomic mass is 32.2. The van der Waals surface area contributed by atoms with E-state index in [0.717, 1.165) is 12.1 Å². The molecule has 0 unspecified atom stereocenters. The first-order valence-electron chi connectivity index (χ1n) is 4.82. The van der Waals surface area contributed by atoms with Crippen LogP contribution in [0.1, 0.15) is 6.42 Å². The lowest BCUT2D eigenvalue weighted by Crippen LogP contribution is -1.72. The molecular weight excluding hydrogens is 204 g/mol. The summed E-state index contributed by atoms with van der Waals surface area (Å²) in [4.78, 5) is 2.64. The van der Waals surface area contributed by atoms with E-state index < -0.39 is 0 Å². The number of allylic oxidation sites excluding steroid dienone is 4. The lowest BCUT2D eigenvalue weighted by molar-refractivity contribution is 1.16. The van der Waals surface area contributed by atoms with Gasteiger partial charge in [0.1, 0.15) is 0 Å². The van der Waals surface area contributed by atoms with Gasteiger partial charge in [-0.05, 0) is 35.6 Å². The Morgan fingerprint density at radius 3 is 2.60 bits per heavy atom. The Hall–Kier alpha value is -1.35. The van der Waals surface area contributed by atoms with Gasteiger partial charge in [0.05, 0.1) is 5.69 Å². The van der Waals surface area contributed by atoms with Crippen LogP contribution in [0.5, 0.6) is 0 Å². The van der Waals surface area contributed by atoms with E-state index in [1.165, 1.54) is 9.80 Å². The fourth-order valence-electron chi connectivity index (χ4n) is 1.35. The van der Waals surface area contributed by atoms with Gasteiger partial charge in [-0.3, -0.25) is 0 Å². The molecule has 2 nitrogen and oxygen atoms in total. The Balaban J connectivity index is 2.04. The zero-order valence-electron chi connectivity index (χ0n) is 8.55. The average molecular weight is 216 g/mol. The topological polar surface area (TPSA) is 24.7 Å². The Morgan fingerprint density at radius 1 is 1.20 bits per heavy atom. The summed E-state index contributed by atoms with van der Waals surface area (Å²) in [6.07, 6.45) is 7.48. The normalized spacial score (nSPS) is 14.9. The number of thioether (sulfide) groups is 1. The summed E-state index contributed by atoms with van der Waals surface area (Å²) >= 11 is 1.80. The van der Waals surface area contributed by atoms with Gasteiger partial charge in [0.25, 0.3) is 0 Å². The molecule has 0 aliphatic heterocycles. The van der Waals surface area contributed by atoms with Crippen LogP contribution in [0.4, 0.5) is 5.69 Å². The predicted octanol–water partition coefficient (Wildman–Crippen LogP) is 4.34. The Morgan fingerprint density at radius 2 is 2.00 bits per heavy atom. The smallest absolute Gasteiger partial charge is 0.0853 e. The van der Waals surface area contributed by atoms with E-state index in [0.29, 0.717) is 0 Å². The lowest BCUT2D eigenvalue weighted by atomic mass is 10.3. The van der Waals surface area contributed by atoms with Crippen LogP contribution in [0.15, 0.2) is 62.5 Å². The van der Waals surface area contributed by atoms with E-state index in [4.69, 9.17) is 0 Å². The molecule has 0 saturated heterocycles. The molecule has 0 bridgehead atoms. The molecular formula is C12H12N2S. The van der Waals surface area contributed by atoms with Crippen molar-refractivity contribution in [2.45, 2.75) is 11.3 Å². The standard InChI is InChI=1S/C12H12N2S/c1-13-14-10-6-8-12(9-7-10)15-11-4-2-3-5-11/h2-4,6-9H,5H2,1H3. The van der Waals surface area contributed by atoms with E-state index in [-0.39, 0.29) is 0 Å². The van der Waals surface area contributed by atoms with Crippen molar-refractivity contribution in [3.05, 3.63) is 47.4 Å². The predicted molar refractivity (Wildman–Crippen MR) is 64.6 cm³/mol. The van der Waals surface area contributed by atoms with Gasteiger partial charge in [-0.1, -0.05) is 30.0 Å². The van der Waals surface area contributed by atoms with Crippen molar-refractivity contribution in [3.63, 3.8) is 0 Å². The fraction of sp³-hybridized carbons (Fsp3) is 0.167. The summed E-state index contributed by atoms with van der Waals surface area (Å²) in [6, 6.07) is 8.12. The molecule has 3 heteroatoms. The maximum absolute atomic E-state index is 3.97. The summed E-state index contributed by atoms with van der Waals surface area (Å²) in [6.45, 7) is 0. The van der Waals surface area contributed by atoms with Gasteiger partial charge >= 0.3 is 0 Å². The average Bonchev–Trinajstić information content (AvgIpc) is 2.74. The zero-order valence-corrected chi connectivity index (χ0v) is 9.37. The molecule has 0 fully saturated rings. The first kappa shape index (κ1) is 10.2. The molecule has 0 aromatic heterocycles. The van der Waals surface area contributed by atoms with E-state index in [1.54, 1.807) is 18.8 Å². The van der Waals surface area contributed by atoms with Crippen molar-refractivity contribution >= 4 is 17.4 Å². The second-order valence-corrected chi connectivity index (χ2v) is 4.36. The first-order valence-corrected chi connectivity index (χ1v) is 5.63. The molecule has 2 rings (SSSR count). The quantitative estimate of drug-likeness (QED) is 0.690. The molecule has 0 radical (unpaired) electrons. The van der Waals surface area contributed by atoms with E-state index in [2.05, 4.69) is 40.6 Å². The Kier molecular flexibility index (Phi) is 3.35. The summed E-state index contributed by atoms with van der Waals surface area (Å²) in [5.74, 6) is 0. The van der Waals surface area contributed by atoms with Gasteiger partial charge in [0.2, 0.25) is 0 Å². The minimum absolute atomic E-state index is 0.903. The van der Waals surface area contributed by atoms with Crippen molar-refractivity contribution in [1.82, 2.24) is 0 Å². The molecule has 0 heterocycles. The highest BCUT2D eigenvalue weighted by molar-refractivity contribution is 8.03. The van der Waals surface area contributed by atoms with Crippen molar-refractivity contribution in [2.24, 2.45) is 10.2 Å². The highest BCUT2D eigenvalue weighted by Gasteiger charge is 2.01. The second-order valence-electron chi connectivity index (χ2n) is 3.16. The molecule has 0 atom stereocenters. The van der Waals surface area contributed by atoms with Crippen molar-refractivity contribution in [3.8, 4) is 0 Å². The molecule has 0 spiro atoms. The van der Waals surface area contributed by atoms with Gasteiger partial charge in [-0.15, -0.1) is 0 Å².